The molecule has 0 aromatic heterocycles. The van der Waals surface area contributed by atoms with E-state index in [1.807, 2.05) is 6.07 Å². The van der Waals surface area contributed by atoms with Gasteiger partial charge >= 0.3 is 5.97 Å². The highest BCUT2D eigenvalue weighted by Gasteiger charge is 2.54. The Balaban J connectivity index is 1.42. The fraction of sp³-hybridized carbons (Fsp3) is 0.750. The Morgan fingerprint density at radius 1 is 1.06 bits per heavy atom. The summed E-state index contributed by atoms with van der Waals surface area (Å²) in [5, 5.41) is 20.9. The van der Waals surface area contributed by atoms with Crippen LogP contribution in [0.15, 0.2) is 12.1 Å². The zero-order chi connectivity index (χ0) is 22.7. The second-order valence-corrected chi connectivity index (χ2v) is 10.9. The van der Waals surface area contributed by atoms with E-state index in [9.17, 15) is 15.0 Å². The Morgan fingerprint density at radius 3 is 2.59 bits per heavy atom. The van der Waals surface area contributed by atoms with Crippen molar-refractivity contribution >= 4 is 5.97 Å². The molecule has 1 aromatic carbocycles. The standard InChI is InChI=1S/C28H42O4/c1-3-4-5-6-7-8-9-10-26(31)32-24-18-20(29)17-19-11-12-21-22(27(19)24)15-16-28(2)23(21)13-14-25(28)30/h17-18,21-23,25,29-30H,3-16H2,1-2H3/t21-,22-,23-,25-,28-/m0/s1. The number of hydrogen-bond acceptors (Lipinski definition) is 4. The number of carbonyl (C=O) groups is 1. The number of aliphatic hydroxyl groups excluding tert-OH is 1. The molecular weight excluding hydrogens is 400 g/mol. The molecule has 178 valence electrons. The van der Waals surface area contributed by atoms with Gasteiger partial charge in [-0.25, -0.2) is 0 Å². The van der Waals surface area contributed by atoms with Gasteiger partial charge in [-0.05, 0) is 79.7 Å². The molecule has 3 aliphatic carbocycles. The van der Waals surface area contributed by atoms with Crippen molar-refractivity contribution in [2.75, 3.05) is 0 Å². The summed E-state index contributed by atoms with van der Waals surface area (Å²) < 4.78 is 5.90. The maximum atomic E-state index is 12.6. The summed E-state index contributed by atoms with van der Waals surface area (Å²) in [5.41, 5.74) is 2.34. The van der Waals surface area contributed by atoms with Crippen LogP contribution in [0, 0.1) is 17.3 Å². The van der Waals surface area contributed by atoms with Crippen molar-refractivity contribution in [1.82, 2.24) is 0 Å². The number of phenols is 1. The van der Waals surface area contributed by atoms with Gasteiger partial charge in [0.05, 0.1) is 6.10 Å². The van der Waals surface area contributed by atoms with Crippen molar-refractivity contribution in [3.05, 3.63) is 23.3 Å². The Hall–Kier alpha value is -1.55. The lowest BCUT2D eigenvalue weighted by molar-refractivity contribution is -0.134. The molecule has 0 saturated heterocycles. The molecule has 4 heteroatoms. The zero-order valence-corrected chi connectivity index (χ0v) is 20.1. The highest BCUT2D eigenvalue weighted by atomic mass is 16.5. The molecule has 32 heavy (non-hydrogen) atoms. The summed E-state index contributed by atoms with van der Waals surface area (Å²) in [5.74, 6) is 2.04. The topological polar surface area (TPSA) is 66.8 Å². The fourth-order valence-corrected chi connectivity index (χ4v) is 7.12. The van der Waals surface area contributed by atoms with Crippen LogP contribution in [-0.4, -0.2) is 22.3 Å². The van der Waals surface area contributed by atoms with E-state index < -0.39 is 0 Å². The number of ether oxygens (including phenoxy) is 1. The zero-order valence-electron chi connectivity index (χ0n) is 20.1. The second-order valence-electron chi connectivity index (χ2n) is 10.9. The number of rotatable bonds is 9. The number of phenolic OH excluding ortho intramolecular Hbond substituents is 1. The number of carbonyl (C=O) groups excluding carboxylic acids is 1. The molecule has 0 radical (unpaired) electrons. The molecule has 0 aliphatic heterocycles. The molecule has 0 amide bonds. The number of fused-ring (bicyclic) bond motifs is 5. The predicted molar refractivity (Wildman–Crippen MR) is 127 cm³/mol. The van der Waals surface area contributed by atoms with E-state index in [0.717, 1.165) is 62.5 Å². The minimum Gasteiger partial charge on any atom is -0.508 e. The Labute approximate surface area is 193 Å². The number of esters is 1. The minimum absolute atomic E-state index is 0.0313. The van der Waals surface area contributed by atoms with E-state index in [2.05, 4.69) is 13.8 Å². The summed E-state index contributed by atoms with van der Waals surface area (Å²) in [4.78, 5) is 12.6. The van der Waals surface area contributed by atoms with E-state index in [4.69, 9.17) is 4.74 Å². The van der Waals surface area contributed by atoms with Gasteiger partial charge in [0.1, 0.15) is 11.5 Å². The molecule has 0 spiro atoms. The van der Waals surface area contributed by atoms with Crippen LogP contribution in [0.1, 0.15) is 114 Å². The molecule has 3 aliphatic rings. The van der Waals surface area contributed by atoms with Crippen LogP contribution in [0.3, 0.4) is 0 Å². The van der Waals surface area contributed by atoms with Gasteiger partial charge < -0.3 is 14.9 Å². The van der Waals surface area contributed by atoms with Gasteiger partial charge in [0.2, 0.25) is 0 Å². The van der Waals surface area contributed by atoms with E-state index >= 15 is 0 Å². The van der Waals surface area contributed by atoms with Crippen molar-refractivity contribution in [1.29, 1.82) is 0 Å². The van der Waals surface area contributed by atoms with Crippen LogP contribution in [0.2, 0.25) is 0 Å². The quantitative estimate of drug-likeness (QED) is 0.255. The first-order valence-electron chi connectivity index (χ1n) is 13.2. The molecule has 1 aromatic rings. The molecule has 4 rings (SSSR count). The van der Waals surface area contributed by atoms with Crippen molar-refractivity contribution in [3.8, 4) is 11.5 Å². The average Bonchev–Trinajstić information content (AvgIpc) is 3.07. The summed E-state index contributed by atoms with van der Waals surface area (Å²) in [6.07, 6.45) is 14.5. The maximum absolute atomic E-state index is 12.6. The molecule has 2 fully saturated rings. The van der Waals surface area contributed by atoms with Crippen LogP contribution < -0.4 is 4.74 Å². The van der Waals surface area contributed by atoms with Crippen LogP contribution in [0.5, 0.6) is 11.5 Å². The molecular formula is C28H42O4. The summed E-state index contributed by atoms with van der Waals surface area (Å²) in [6, 6.07) is 3.53. The largest absolute Gasteiger partial charge is 0.508 e. The van der Waals surface area contributed by atoms with Gasteiger partial charge in [-0.2, -0.15) is 0 Å². The van der Waals surface area contributed by atoms with Gasteiger partial charge in [-0.1, -0.05) is 52.4 Å². The number of aromatic hydroxyl groups is 1. The molecule has 0 bridgehead atoms. The Bertz CT molecular complexity index is 803. The van der Waals surface area contributed by atoms with Crippen molar-refractivity contribution < 1.29 is 19.7 Å². The summed E-state index contributed by atoms with van der Waals surface area (Å²) >= 11 is 0. The van der Waals surface area contributed by atoms with Crippen molar-refractivity contribution in [2.45, 2.75) is 116 Å². The van der Waals surface area contributed by atoms with E-state index in [0.29, 0.717) is 29.9 Å². The maximum Gasteiger partial charge on any atom is 0.311 e. The van der Waals surface area contributed by atoms with E-state index in [1.165, 1.54) is 32.1 Å². The molecule has 2 saturated carbocycles. The van der Waals surface area contributed by atoms with Crippen molar-refractivity contribution in [2.24, 2.45) is 17.3 Å². The third kappa shape index (κ3) is 4.71. The van der Waals surface area contributed by atoms with Crippen molar-refractivity contribution in [3.63, 3.8) is 0 Å². The normalized spacial score (nSPS) is 31.0. The first kappa shape index (κ1) is 23.6. The lowest BCUT2D eigenvalue weighted by Gasteiger charge is -2.50. The van der Waals surface area contributed by atoms with Crippen LogP contribution >= 0.6 is 0 Å². The first-order valence-corrected chi connectivity index (χ1v) is 13.2. The van der Waals surface area contributed by atoms with Gasteiger partial charge in [-0.3, -0.25) is 4.79 Å². The number of unbranched alkanes of at least 4 members (excludes halogenated alkanes) is 6. The molecule has 2 N–H and O–H groups in total. The monoisotopic (exact) mass is 442 g/mol. The number of hydrogen-bond donors (Lipinski definition) is 2. The number of aryl methyl sites for hydroxylation is 1. The second kappa shape index (κ2) is 10.2. The van der Waals surface area contributed by atoms with Crippen LogP contribution in [0.25, 0.3) is 0 Å². The van der Waals surface area contributed by atoms with Gasteiger partial charge in [0.15, 0.2) is 0 Å². The average molecular weight is 443 g/mol. The summed E-state index contributed by atoms with van der Waals surface area (Å²) in [7, 11) is 0. The molecule has 0 heterocycles. The number of aliphatic hydroxyl groups is 1. The van der Waals surface area contributed by atoms with E-state index in [-0.39, 0.29) is 23.2 Å². The highest BCUT2D eigenvalue weighted by Crippen LogP contribution is 2.62. The fourth-order valence-electron chi connectivity index (χ4n) is 7.12. The lowest BCUT2D eigenvalue weighted by Crippen LogP contribution is -2.44. The van der Waals surface area contributed by atoms with Gasteiger partial charge in [0.25, 0.3) is 0 Å². The van der Waals surface area contributed by atoms with Crippen LogP contribution in [-0.2, 0) is 11.2 Å². The van der Waals surface area contributed by atoms with Crippen LogP contribution in [0.4, 0.5) is 0 Å². The van der Waals surface area contributed by atoms with Gasteiger partial charge in [-0.15, -0.1) is 0 Å². The van der Waals surface area contributed by atoms with Gasteiger partial charge in [0, 0.05) is 18.1 Å². The smallest absolute Gasteiger partial charge is 0.311 e. The Morgan fingerprint density at radius 2 is 1.81 bits per heavy atom. The minimum atomic E-state index is -0.186. The predicted octanol–water partition coefficient (Wildman–Crippen LogP) is 6.66. The SMILES string of the molecule is CCCCCCCCCC(=O)Oc1cc(O)cc2c1[C@H]1CC[C@]3(C)[C@@H](O)CC[C@H]3[C@H]1CC2. The lowest BCUT2D eigenvalue weighted by atomic mass is 9.55. The molecule has 4 nitrogen and oxygen atoms in total. The highest BCUT2D eigenvalue weighted by molar-refractivity contribution is 5.73. The number of benzene rings is 1. The molecule has 5 atom stereocenters. The summed E-state index contributed by atoms with van der Waals surface area (Å²) in [6.45, 7) is 4.50. The Kier molecular flexibility index (Phi) is 7.49. The third-order valence-corrected chi connectivity index (χ3v) is 8.93. The molecule has 0 unspecified atom stereocenters. The van der Waals surface area contributed by atoms with E-state index in [1.54, 1.807) is 6.07 Å². The third-order valence-electron chi connectivity index (χ3n) is 8.93. The first-order chi connectivity index (χ1) is 15.4.